The summed E-state index contributed by atoms with van der Waals surface area (Å²) >= 11 is 6.65. The molecule has 11 heteroatoms. The first-order valence-corrected chi connectivity index (χ1v) is 15.4. The third-order valence-electron chi connectivity index (χ3n) is 7.13. The number of nitriles is 1. The van der Waals surface area contributed by atoms with E-state index in [1.54, 1.807) is 17.6 Å². The van der Waals surface area contributed by atoms with E-state index in [4.69, 9.17) is 12.2 Å². The summed E-state index contributed by atoms with van der Waals surface area (Å²) < 4.78 is 26.1. The molecular formula is C25H32N4O4S3. The monoisotopic (exact) mass is 548 g/mol. The van der Waals surface area contributed by atoms with E-state index in [-0.39, 0.29) is 28.5 Å². The Morgan fingerprint density at radius 3 is 2.44 bits per heavy atom. The molecule has 4 rings (SSSR count). The van der Waals surface area contributed by atoms with Gasteiger partial charge in [-0.3, -0.25) is 19.1 Å². The zero-order chi connectivity index (χ0) is 26.4. The lowest BCUT2D eigenvalue weighted by Crippen LogP contribution is -2.43. The Labute approximate surface area is 222 Å². The summed E-state index contributed by atoms with van der Waals surface area (Å²) in [6.07, 6.45) is 3.94. The highest BCUT2D eigenvalue weighted by Crippen LogP contribution is 2.39. The van der Waals surface area contributed by atoms with E-state index >= 15 is 0 Å². The number of thioether (sulfide) groups is 1. The smallest absolute Gasteiger partial charge is 0.270 e. The zero-order valence-corrected chi connectivity index (χ0v) is 23.6. The first kappa shape index (κ1) is 26.9. The lowest BCUT2D eigenvalue weighted by atomic mass is 9.91. The summed E-state index contributed by atoms with van der Waals surface area (Å²) in [7, 11) is -3.18. The van der Waals surface area contributed by atoms with Gasteiger partial charge in [-0.05, 0) is 49.7 Å². The second-order valence-corrected chi connectivity index (χ2v) is 14.2. The molecule has 1 aromatic heterocycles. The topological polar surface area (TPSA) is 103 Å². The molecule has 0 radical (unpaired) electrons. The van der Waals surface area contributed by atoms with Gasteiger partial charge in [0.1, 0.15) is 21.8 Å². The van der Waals surface area contributed by atoms with Gasteiger partial charge >= 0.3 is 0 Å². The first-order valence-electron chi connectivity index (χ1n) is 12.4. The minimum absolute atomic E-state index is 0.0515. The minimum Gasteiger partial charge on any atom is -0.357 e. The fourth-order valence-electron chi connectivity index (χ4n) is 5.66. The molecule has 0 aliphatic carbocycles. The number of carbonyl (C=O) groups is 1. The molecule has 0 saturated carbocycles. The molecule has 1 aromatic rings. The largest absolute Gasteiger partial charge is 0.357 e. The number of rotatable bonds is 5. The van der Waals surface area contributed by atoms with E-state index in [1.165, 1.54) is 4.90 Å². The van der Waals surface area contributed by atoms with Crippen molar-refractivity contribution in [1.82, 2.24) is 9.47 Å². The number of nitrogens with zero attached hydrogens (tertiary/aromatic N) is 4. The van der Waals surface area contributed by atoms with Crippen LogP contribution in [0.4, 0.5) is 5.82 Å². The van der Waals surface area contributed by atoms with E-state index in [9.17, 15) is 23.3 Å². The second kappa shape index (κ2) is 10.3. The number of carbonyl (C=O) groups excluding carboxylic acids is 1. The maximum Gasteiger partial charge on any atom is 0.270 e. The lowest BCUT2D eigenvalue weighted by Gasteiger charge is -2.39. The molecule has 3 unspecified atom stereocenters. The summed E-state index contributed by atoms with van der Waals surface area (Å²) in [4.78, 5) is 30.9. The van der Waals surface area contributed by atoms with Crippen molar-refractivity contribution in [2.45, 2.75) is 59.5 Å². The lowest BCUT2D eigenvalue weighted by molar-refractivity contribution is -0.123. The predicted molar refractivity (Wildman–Crippen MR) is 148 cm³/mol. The Hall–Kier alpha value is -2.16. The standard InChI is InChI=1S/C25H32N4O4S3/c1-5-7-28-22(27-12-15(2)9-16(3)13-27)19(17(4)20(11-26)23(28)30)10-21-24(31)29(25(34)35-21)18-6-8-36(32,33)14-18/h10,15-16,18H,5-9,12-14H2,1-4H3/b21-10+. The number of hydrogen-bond acceptors (Lipinski definition) is 8. The Bertz CT molecular complexity index is 1330. The average Bonchev–Trinajstić information content (AvgIpc) is 3.28. The number of thiocarbonyl (C=S) groups is 1. The molecule has 3 aliphatic rings. The third kappa shape index (κ3) is 5.00. The SMILES string of the molecule is CCCn1c(N2CC(C)CC(C)C2)c(/C=C2/SC(=S)N(C3CCS(=O)(=O)C3)C2=O)c(C)c(C#N)c1=O. The van der Waals surface area contributed by atoms with Crippen LogP contribution in [0.1, 0.15) is 56.7 Å². The first-order chi connectivity index (χ1) is 17.0. The molecular weight excluding hydrogens is 517 g/mol. The minimum atomic E-state index is -3.18. The van der Waals surface area contributed by atoms with Crippen molar-refractivity contribution in [3.8, 4) is 6.07 Å². The fraction of sp³-hybridized carbons (Fsp3) is 0.600. The summed E-state index contributed by atoms with van der Waals surface area (Å²) in [5.41, 5.74) is 0.998. The van der Waals surface area contributed by atoms with Gasteiger partial charge in [0.15, 0.2) is 9.84 Å². The van der Waals surface area contributed by atoms with E-state index < -0.39 is 15.9 Å². The van der Waals surface area contributed by atoms with Crippen molar-refractivity contribution in [2.24, 2.45) is 11.8 Å². The molecule has 0 N–H and O–H groups in total. The van der Waals surface area contributed by atoms with Gasteiger partial charge in [0.05, 0.1) is 22.5 Å². The normalized spacial score (nSPS) is 27.2. The molecule has 3 aliphatic heterocycles. The van der Waals surface area contributed by atoms with Gasteiger partial charge in [-0.2, -0.15) is 5.26 Å². The van der Waals surface area contributed by atoms with Crippen LogP contribution in [-0.4, -0.2) is 58.7 Å². The van der Waals surface area contributed by atoms with Crippen molar-refractivity contribution in [1.29, 1.82) is 5.26 Å². The van der Waals surface area contributed by atoms with Crippen LogP contribution >= 0.6 is 24.0 Å². The number of piperidine rings is 1. The molecule has 3 atom stereocenters. The van der Waals surface area contributed by atoms with Crippen LogP contribution in [-0.2, 0) is 21.2 Å². The second-order valence-electron chi connectivity index (χ2n) is 10.3. The van der Waals surface area contributed by atoms with Crippen LogP contribution < -0.4 is 10.5 Å². The third-order valence-corrected chi connectivity index (χ3v) is 10.2. The Morgan fingerprint density at radius 2 is 1.89 bits per heavy atom. The van der Waals surface area contributed by atoms with Crippen molar-refractivity contribution >= 4 is 55.9 Å². The fourth-order valence-corrected chi connectivity index (χ4v) is 8.74. The Morgan fingerprint density at radius 1 is 1.22 bits per heavy atom. The van der Waals surface area contributed by atoms with Crippen LogP contribution in [0.15, 0.2) is 9.70 Å². The van der Waals surface area contributed by atoms with Crippen LogP contribution in [0.3, 0.4) is 0 Å². The molecule has 0 aromatic carbocycles. The van der Waals surface area contributed by atoms with Crippen molar-refractivity contribution < 1.29 is 13.2 Å². The Balaban J connectivity index is 1.86. The van der Waals surface area contributed by atoms with Crippen molar-refractivity contribution in [3.05, 3.63) is 31.9 Å². The number of anilines is 1. The van der Waals surface area contributed by atoms with Gasteiger partial charge in [-0.1, -0.05) is 44.8 Å². The Kier molecular flexibility index (Phi) is 7.70. The summed E-state index contributed by atoms with van der Waals surface area (Å²) in [6.45, 7) is 10.2. The maximum absolute atomic E-state index is 13.5. The average molecular weight is 549 g/mol. The van der Waals surface area contributed by atoms with Gasteiger partial charge in [0, 0.05) is 25.2 Å². The highest BCUT2D eigenvalue weighted by molar-refractivity contribution is 8.26. The summed E-state index contributed by atoms with van der Waals surface area (Å²) in [5.74, 6) is 1.27. The van der Waals surface area contributed by atoms with E-state index in [0.29, 0.717) is 45.2 Å². The van der Waals surface area contributed by atoms with E-state index in [2.05, 4.69) is 24.8 Å². The molecule has 194 valence electrons. The maximum atomic E-state index is 13.5. The van der Waals surface area contributed by atoms with Gasteiger partial charge in [0.2, 0.25) is 0 Å². The van der Waals surface area contributed by atoms with Crippen LogP contribution in [0.25, 0.3) is 6.08 Å². The quantitative estimate of drug-likeness (QED) is 0.408. The number of amides is 1. The van der Waals surface area contributed by atoms with Gasteiger partial charge in [0.25, 0.3) is 11.5 Å². The highest BCUT2D eigenvalue weighted by atomic mass is 32.2. The molecule has 36 heavy (non-hydrogen) atoms. The molecule has 0 bridgehead atoms. The van der Waals surface area contributed by atoms with Gasteiger partial charge in [-0.15, -0.1) is 0 Å². The molecule has 4 heterocycles. The molecule has 1 amide bonds. The van der Waals surface area contributed by atoms with Crippen molar-refractivity contribution in [2.75, 3.05) is 29.5 Å². The molecule has 0 spiro atoms. The van der Waals surface area contributed by atoms with Crippen molar-refractivity contribution in [3.63, 3.8) is 0 Å². The highest BCUT2D eigenvalue weighted by Gasteiger charge is 2.42. The van der Waals surface area contributed by atoms with Gasteiger partial charge in [-0.25, -0.2) is 8.42 Å². The predicted octanol–water partition coefficient (Wildman–Crippen LogP) is 3.31. The number of hydrogen-bond donors (Lipinski definition) is 0. The molecule has 3 fully saturated rings. The number of aromatic nitrogens is 1. The zero-order valence-electron chi connectivity index (χ0n) is 21.1. The van der Waals surface area contributed by atoms with Gasteiger partial charge < -0.3 is 4.90 Å². The van der Waals surface area contributed by atoms with Crippen LogP contribution in [0.5, 0.6) is 0 Å². The van der Waals surface area contributed by atoms with E-state index in [0.717, 1.165) is 43.5 Å². The summed E-state index contributed by atoms with van der Waals surface area (Å²) in [5, 5.41) is 9.84. The van der Waals surface area contributed by atoms with E-state index in [1.807, 2.05) is 6.92 Å². The van der Waals surface area contributed by atoms with Crippen LogP contribution in [0.2, 0.25) is 0 Å². The summed E-state index contributed by atoms with van der Waals surface area (Å²) in [6, 6.07) is 1.63. The molecule has 8 nitrogen and oxygen atoms in total. The van der Waals surface area contributed by atoms with Crippen LogP contribution in [0, 0.1) is 30.1 Å². The number of sulfone groups is 1. The number of pyridine rings is 1. The molecule has 3 saturated heterocycles.